The fourth-order valence-electron chi connectivity index (χ4n) is 1.10. The van der Waals surface area contributed by atoms with Crippen molar-refractivity contribution in [3.05, 3.63) is 0 Å². The Labute approximate surface area is 83.9 Å². The second-order valence-corrected chi connectivity index (χ2v) is 3.62. The second kappa shape index (κ2) is 6.37. The first kappa shape index (κ1) is 12.9. The van der Waals surface area contributed by atoms with Crippen molar-refractivity contribution in [1.29, 1.82) is 0 Å². The molecule has 0 aliphatic rings. The van der Waals surface area contributed by atoms with Crippen molar-refractivity contribution in [3.63, 3.8) is 0 Å². The van der Waals surface area contributed by atoms with Gasteiger partial charge in [-0.05, 0) is 19.4 Å². The molecule has 0 aromatic rings. The Morgan fingerprint density at radius 3 is 2.29 bits per heavy atom. The highest BCUT2D eigenvalue weighted by Crippen LogP contribution is 2.04. The predicted octanol–water partition coefficient (Wildman–Crippen LogP) is -0.179. The van der Waals surface area contributed by atoms with E-state index in [4.69, 9.17) is 5.11 Å². The Kier molecular flexibility index (Phi) is 5.87. The zero-order chi connectivity index (χ0) is 11.1. The number of rotatable bonds is 6. The van der Waals surface area contributed by atoms with E-state index in [2.05, 4.69) is 10.6 Å². The molecule has 0 aliphatic carbocycles. The van der Waals surface area contributed by atoms with Crippen LogP contribution >= 0.6 is 0 Å². The molecule has 0 radical (unpaired) electrons. The summed E-state index contributed by atoms with van der Waals surface area (Å²) in [5.41, 5.74) is 0. The van der Waals surface area contributed by atoms with E-state index in [1.165, 1.54) is 0 Å². The number of hydrogen-bond acceptors (Lipinski definition) is 3. The normalized spacial score (nSPS) is 12.6. The zero-order valence-electron chi connectivity index (χ0n) is 8.83. The molecule has 1 amide bonds. The topological polar surface area (TPSA) is 78.4 Å². The first-order chi connectivity index (χ1) is 6.47. The molecule has 5 heteroatoms. The van der Waals surface area contributed by atoms with Crippen LogP contribution in [0.3, 0.4) is 0 Å². The molecule has 0 rings (SSSR count). The number of carbonyl (C=O) groups is 2. The molecule has 0 aliphatic heterocycles. The largest absolute Gasteiger partial charge is 0.480 e. The van der Waals surface area contributed by atoms with Crippen molar-refractivity contribution in [2.24, 2.45) is 5.92 Å². The summed E-state index contributed by atoms with van der Waals surface area (Å²) in [6.45, 7) is 3.97. The smallest absolute Gasteiger partial charge is 0.326 e. The molecule has 0 spiro atoms. The number of aliphatic carboxylic acids is 1. The van der Waals surface area contributed by atoms with Crippen molar-refractivity contribution in [2.45, 2.75) is 26.3 Å². The minimum absolute atomic E-state index is 0.141. The van der Waals surface area contributed by atoms with Crippen LogP contribution in [-0.2, 0) is 9.59 Å². The number of nitrogens with one attached hydrogen (secondary N) is 2. The van der Waals surface area contributed by atoms with Crippen LogP contribution in [0.1, 0.15) is 20.3 Å². The third kappa shape index (κ3) is 5.53. The Morgan fingerprint density at radius 2 is 1.93 bits per heavy atom. The van der Waals surface area contributed by atoms with E-state index in [1.54, 1.807) is 7.05 Å². The van der Waals surface area contributed by atoms with Crippen LogP contribution in [0.15, 0.2) is 0 Å². The van der Waals surface area contributed by atoms with Crippen molar-refractivity contribution in [2.75, 3.05) is 13.6 Å². The zero-order valence-corrected chi connectivity index (χ0v) is 8.83. The average molecular weight is 202 g/mol. The van der Waals surface area contributed by atoms with Gasteiger partial charge >= 0.3 is 5.97 Å². The van der Waals surface area contributed by atoms with Gasteiger partial charge in [0.1, 0.15) is 6.04 Å². The number of amides is 1. The highest BCUT2D eigenvalue weighted by molar-refractivity contribution is 5.84. The molecule has 0 bridgehead atoms. The summed E-state index contributed by atoms with van der Waals surface area (Å²) in [4.78, 5) is 21.8. The van der Waals surface area contributed by atoms with Crippen LogP contribution in [-0.4, -0.2) is 36.6 Å². The van der Waals surface area contributed by atoms with Crippen LogP contribution in [0, 0.1) is 5.92 Å². The van der Waals surface area contributed by atoms with E-state index in [1.807, 2.05) is 13.8 Å². The quantitative estimate of drug-likeness (QED) is 0.558. The minimum atomic E-state index is -0.983. The lowest BCUT2D eigenvalue weighted by atomic mass is 10.0. The number of likely N-dealkylation sites (N-methyl/N-ethyl adjacent to an activating group) is 1. The number of carboxylic acid groups (broad SMARTS) is 1. The maximum Gasteiger partial charge on any atom is 0.326 e. The molecule has 1 atom stereocenters. The van der Waals surface area contributed by atoms with Gasteiger partial charge < -0.3 is 15.7 Å². The first-order valence-corrected chi connectivity index (χ1v) is 4.64. The van der Waals surface area contributed by atoms with Gasteiger partial charge in [-0.3, -0.25) is 4.79 Å². The van der Waals surface area contributed by atoms with Crippen LogP contribution in [0.25, 0.3) is 0 Å². The predicted molar refractivity (Wildman–Crippen MR) is 52.9 cm³/mol. The summed E-state index contributed by atoms with van der Waals surface area (Å²) in [6.07, 6.45) is 0.449. The number of hydrogen-bond donors (Lipinski definition) is 3. The van der Waals surface area contributed by atoms with Gasteiger partial charge in [0.2, 0.25) is 5.91 Å². The molecule has 0 saturated heterocycles. The molecule has 14 heavy (non-hydrogen) atoms. The van der Waals surface area contributed by atoms with Crippen molar-refractivity contribution >= 4 is 11.9 Å². The second-order valence-electron chi connectivity index (χ2n) is 3.62. The van der Waals surface area contributed by atoms with E-state index >= 15 is 0 Å². The molecule has 0 unspecified atom stereocenters. The Hall–Kier alpha value is -1.10. The van der Waals surface area contributed by atoms with E-state index < -0.39 is 12.0 Å². The molecular weight excluding hydrogens is 184 g/mol. The van der Waals surface area contributed by atoms with Crippen molar-refractivity contribution in [3.8, 4) is 0 Å². The standard InChI is InChI=1S/C9H18N2O3/c1-6(2)4-7(9(13)14)11-8(12)5-10-3/h6-7,10H,4-5H2,1-3H3,(H,11,12)(H,13,14)/t7-/m1/s1. The maximum absolute atomic E-state index is 11.1. The molecule has 3 N–H and O–H groups in total. The highest BCUT2D eigenvalue weighted by atomic mass is 16.4. The third-order valence-electron chi connectivity index (χ3n) is 1.68. The monoisotopic (exact) mass is 202 g/mol. The third-order valence-corrected chi connectivity index (χ3v) is 1.68. The molecule has 0 fully saturated rings. The van der Waals surface area contributed by atoms with Gasteiger partial charge in [-0.25, -0.2) is 4.79 Å². The summed E-state index contributed by atoms with van der Waals surface area (Å²) in [6, 6.07) is -0.782. The Balaban J connectivity index is 4.09. The minimum Gasteiger partial charge on any atom is -0.480 e. The molecular formula is C9H18N2O3. The first-order valence-electron chi connectivity index (χ1n) is 4.64. The molecule has 82 valence electrons. The van der Waals surface area contributed by atoms with Gasteiger partial charge in [0.05, 0.1) is 6.54 Å². The SMILES string of the molecule is CNCC(=O)N[C@H](CC(C)C)C(=O)O. The van der Waals surface area contributed by atoms with Gasteiger partial charge in [0, 0.05) is 0 Å². The summed E-state index contributed by atoms with van der Waals surface area (Å²) >= 11 is 0. The lowest BCUT2D eigenvalue weighted by Gasteiger charge is -2.16. The summed E-state index contributed by atoms with van der Waals surface area (Å²) in [5.74, 6) is -1.03. The summed E-state index contributed by atoms with van der Waals surface area (Å²) in [7, 11) is 1.64. The summed E-state index contributed by atoms with van der Waals surface area (Å²) in [5, 5.41) is 13.9. The molecule has 5 nitrogen and oxygen atoms in total. The number of carboxylic acids is 1. The average Bonchev–Trinajstić information content (AvgIpc) is 2.02. The molecule has 0 aromatic heterocycles. The fraction of sp³-hybridized carbons (Fsp3) is 0.778. The molecule has 0 aromatic carbocycles. The summed E-state index contributed by atoms with van der Waals surface area (Å²) < 4.78 is 0. The highest BCUT2D eigenvalue weighted by Gasteiger charge is 2.20. The van der Waals surface area contributed by atoms with E-state index in [0.717, 1.165) is 0 Å². The van der Waals surface area contributed by atoms with Gasteiger partial charge in [0.25, 0.3) is 0 Å². The lowest BCUT2D eigenvalue weighted by Crippen LogP contribution is -2.44. The van der Waals surface area contributed by atoms with E-state index in [0.29, 0.717) is 6.42 Å². The Morgan fingerprint density at radius 1 is 1.36 bits per heavy atom. The van der Waals surface area contributed by atoms with Crippen LogP contribution < -0.4 is 10.6 Å². The van der Waals surface area contributed by atoms with E-state index in [-0.39, 0.29) is 18.4 Å². The van der Waals surface area contributed by atoms with Crippen LogP contribution in [0.2, 0.25) is 0 Å². The van der Waals surface area contributed by atoms with Gasteiger partial charge in [-0.1, -0.05) is 13.8 Å². The van der Waals surface area contributed by atoms with Crippen LogP contribution in [0.5, 0.6) is 0 Å². The molecule has 0 heterocycles. The Bertz CT molecular complexity index is 204. The number of carbonyl (C=O) groups excluding carboxylic acids is 1. The van der Waals surface area contributed by atoms with Crippen molar-refractivity contribution in [1.82, 2.24) is 10.6 Å². The molecule has 0 saturated carbocycles. The van der Waals surface area contributed by atoms with Gasteiger partial charge in [-0.2, -0.15) is 0 Å². The van der Waals surface area contributed by atoms with Crippen LogP contribution in [0.4, 0.5) is 0 Å². The van der Waals surface area contributed by atoms with E-state index in [9.17, 15) is 9.59 Å². The maximum atomic E-state index is 11.1. The fourth-order valence-corrected chi connectivity index (χ4v) is 1.10. The van der Waals surface area contributed by atoms with Crippen molar-refractivity contribution < 1.29 is 14.7 Å². The van der Waals surface area contributed by atoms with Gasteiger partial charge in [-0.15, -0.1) is 0 Å². The lowest BCUT2D eigenvalue weighted by molar-refractivity contribution is -0.142. The van der Waals surface area contributed by atoms with Gasteiger partial charge in [0.15, 0.2) is 0 Å².